The second-order valence-corrected chi connectivity index (χ2v) is 9.07. The lowest BCUT2D eigenvalue weighted by atomic mass is 10.0. The van der Waals surface area contributed by atoms with Crippen LogP contribution in [0.4, 0.5) is 0 Å². The smallest absolute Gasteiger partial charge is 0.172 e. The monoisotopic (exact) mass is 378 g/mol. The zero-order chi connectivity index (χ0) is 19.6. The molecule has 0 spiro atoms. The number of nitriles is 2. The molecule has 4 heteroatoms. The Labute approximate surface area is 163 Å². The Balaban J connectivity index is 2.24. The van der Waals surface area contributed by atoms with E-state index in [-0.39, 0.29) is 11.1 Å². The highest BCUT2D eigenvalue weighted by atomic mass is 31.2. The second-order valence-electron chi connectivity index (χ2n) is 6.37. The van der Waals surface area contributed by atoms with Crippen molar-refractivity contribution in [3.8, 4) is 12.1 Å². The molecule has 0 heterocycles. The first kappa shape index (κ1) is 17.7. The summed E-state index contributed by atoms with van der Waals surface area (Å²) >= 11 is 0. The molecule has 0 aromatic heterocycles. The molecule has 0 amide bonds. The normalized spacial score (nSPS) is 10.9. The molecule has 4 aromatic carbocycles. The summed E-state index contributed by atoms with van der Waals surface area (Å²) in [6.07, 6.45) is 0. The molecule has 132 valence electrons. The van der Waals surface area contributed by atoms with Crippen molar-refractivity contribution in [2.24, 2.45) is 0 Å². The van der Waals surface area contributed by atoms with Gasteiger partial charge in [-0.05, 0) is 16.8 Å². The third kappa shape index (κ3) is 2.71. The largest absolute Gasteiger partial charge is 0.309 e. The van der Waals surface area contributed by atoms with Gasteiger partial charge in [0, 0.05) is 15.9 Å². The molecule has 0 radical (unpaired) electrons. The van der Waals surface area contributed by atoms with Crippen LogP contribution in [0.5, 0.6) is 0 Å². The standard InChI is InChI=1S/C24H15N2OP/c25-16-19-15-18-9-7-8-14-22(18)24(23(19)17-26)28(27,20-10-3-1-4-11-20)21-12-5-2-6-13-21/h1-15H. The molecule has 0 unspecified atom stereocenters. The van der Waals surface area contributed by atoms with E-state index >= 15 is 0 Å². The average Bonchev–Trinajstić information content (AvgIpc) is 2.78. The van der Waals surface area contributed by atoms with Gasteiger partial charge in [-0.2, -0.15) is 10.5 Å². The fraction of sp³-hybridized carbons (Fsp3) is 0. The van der Waals surface area contributed by atoms with Gasteiger partial charge in [0.25, 0.3) is 0 Å². The maximum atomic E-state index is 14.8. The minimum atomic E-state index is -3.39. The quantitative estimate of drug-likeness (QED) is 0.501. The number of hydrogen-bond donors (Lipinski definition) is 0. The van der Waals surface area contributed by atoms with Gasteiger partial charge < -0.3 is 4.57 Å². The van der Waals surface area contributed by atoms with E-state index in [0.717, 1.165) is 10.8 Å². The Hall–Kier alpha value is -3.65. The molecule has 4 aromatic rings. The first-order valence-corrected chi connectivity index (χ1v) is 10.5. The Morgan fingerprint density at radius 1 is 0.679 bits per heavy atom. The van der Waals surface area contributed by atoms with Crippen molar-refractivity contribution in [2.45, 2.75) is 0 Å². The maximum absolute atomic E-state index is 14.8. The summed E-state index contributed by atoms with van der Waals surface area (Å²) in [4.78, 5) is 0. The van der Waals surface area contributed by atoms with Crippen molar-refractivity contribution >= 4 is 33.8 Å². The van der Waals surface area contributed by atoms with Gasteiger partial charge in [0.1, 0.15) is 12.1 Å². The van der Waals surface area contributed by atoms with Crippen molar-refractivity contribution in [3.05, 3.63) is 102 Å². The lowest BCUT2D eigenvalue weighted by molar-refractivity contribution is 0.592. The third-order valence-corrected chi connectivity index (χ3v) is 7.95. The molecule has 0 saturated heterocycles. The van der Waals surface area contributed by atoms with Crippen LogP contribution in [0.25, 0.3) is 10.8 Å². The maximum Gasteiger partial charge on any atom is 0.172 e. The highest BCUT2D eigenvalue weighted by Crippen LogP contribution is 2.45. The highest BCUT2D eigenvalue weighted by molar-refractivity contribution is 7.85. The highest BCUT2D eigenvalue weighted by Gasteiger charge is 2.35. The van der Waals surface area contributed by atoms with E-state index < -0.39 is 7.14 Å². The van der Waals surface area contributed by atoms with Gasteiger partial charge >= 0.3 is 0 Å². The van der Waals surface area contributed by atoms with E-state index in [0.29, 0.717) is 15.9 Å². The summed E-state index contributed by atoms with van der Waals surface area (Å²) in [6.45, 7) is 0. The summed E-state index contributed by atoms with van der Waals surface area (Å²) < 4.78 is 14.8. The topological polar surface area (TPSA) is 64.7 Å². The number of rotatable bonds is 3. The molecular weight excluding hydrogens is 363 g/mol. The minimum absolute atomic E-state index is 0.178. The molecule has 0 N–H and O–H groups in total. The van der Waals surface area contributed by atoms with Crippen LogP contribution < -0.4 is 15.9 Å². The molecule has 0 fully saturated rings. The molecule has 3 nitrogen and oxygen atoms in total. The van der Waals surface area contributed by atoms with Gasteiger partial charge in [-0.15, -0.1) is 0 Å². The number of benzene rings is 4. The van der Waals surface area contributed by atoms with Crippen LogP contribution in [0.1, 0.15) is 11.1 Å². The summed E-state index contributed by atoms with van der Waals surface area (Å²) in [7, 11) is -3.39. The van der Waals surface area contributed by atoms with Gasteiger partial charge in [-0.25, -0.2) is 0 Å². The van der Waals surface area contributed by atoms with Gasteiger partial charge in [0.15, 0.2) is 7.14 Å². The van der Waals surface area contributed by atoms with Gasteiger partial charge in [0.2, 0.25) is 0 Å². The minimum Gasteiger partial charge on any atom is -0.309 e. The van der Waals surface area contributed by atoms with Crippen LogP contribution in [0.3, 0.4) is 0 Å². The van der Waals surface area contributed by atoms with Crippen molar-refractivity contribution < 1.29 is 4.57 Å². The lowest BCUT2D eigenvalue weighted by Crippen LogP contribution is -2.28. The van der Waals surface area contributed by atoms with Gasteiger partial charge in [-0.1, -0.05) is 84.9 Å². The van der Waals surface area contributed by atoms with Crippen molar-refractivity contribution in [3.63, 3.8) is 0 Å². The first-order valence-electron chi connectivity index (χ1n) is 8.78. The summed E-state index contributed by atoms with van der Waals surface area (Å²) in [6, 6.07) is 31.8. The van der Waals surface area contributed by atoms with Crippen molar-refractivity contribution in [2.75, 3.05) is 0 Å². The van der Waals surface area contributed by atoms with Crippen LogP contribution in [-0.2, 0) is 4.57 Å². The molecular formula is C24H15N2OP. The molecule has 0 bridgehead atoms. The van der Waals surface area contributed by atoms with Crippen LogP contribution >= 0.6 is 7.14 Å². The molecule has 0 aliphatic heterocycles. The fourth-order valence-electron chi connectivity index (χ4n) is 3.54. The van der Waals surface area contributed by atoms with Crippen molar-refractivity contribution in [1.29, 1.82) is 10.5 Å². The molecule has 0 atom stereocenters. The van der Waals surface area contributed by atoms with Crippen LogP contribution in [0.2, 0.25) is 0 Å². The molecule has 0 saturated carbocycles. The van der Waals surface area contributed by atoms with Gasteiger partial charge in [-0.3, -0.25) is 0 Å². The summed E-state index contributed by atoms with van der Waals surface area (Å²) in [5.74, 6) is 0. The number of fused-ring (bicyclic) bond motifs is 1. The Kier molecular flexibility index (Phi) is 4.54. The van der Waals surface area contributed by atoms with E-state index in [1.54, 1.807) is 6.07 Å². The number of nitrogens with zero attached hydrogens (tertiary/aromatic N) is 2. The van der Waals surface area contributed by atoms with Crippen LogP contribution in [-0.4, -0.2) is 0 Å². The zero-order valence-electron chi connectivity index (χ0n) is 14.9. The Morgan fingerprint density at radius 3 is 1.75 bits per heavy atom. The predicted molar refractivity (Wildman–Crippen MR) is 113 cm³/mol. The zero-order valence-corrected chi connectivity index (χ0v) is 15.8. The Bertz CT molecular complexity index is 1260. The molecule has 0 aliphatic rings. The molecule has 4 rings (SSSR count). The SMILES string of the molecule is N#Cc1cc2ccccc2c(P(=O)(c2ccccc2)c2ccccc2)c1C#N. The van der Waals surface area contributed by atoms with Gasteiger partial charge in [0.05, 0.1) is 11.1 Å². The second kappa shape index (κ2) is 7.16. The third-order valence-electron chi connectivity index (χ3n) is 4.81. The lowest BCUT2D eigenvalue weighted by Gasteiger charge is -2.23. The van der Waals surface area contributed by atoms with Crippen LogP contribution in [0.15, 0.2) is 91.0 Å². The average molecular weight is 378 g/mol. The molecule has 0 aliphatic carbocycles. The molecule has 28 heavy (non-hydrogen) atoms. The van der Waals surface area contributed by atoms with E-state index in [1.165, 1.54) is 0 Å². The Morgan fingerprint density at radius 2 is 1.21 bits per heavy atom. The summed E-state index contributed by atoms with van der Waals surface area (Å²) in [5.41, 5.74) is 0.417. The van der Waals surface area contributed by atoms with Crippen LogP contribution in [0, 0.1) is 22.7 Å². The van der Waals surface area contributed by atoms with E-state index in [1.807, 2.05) is 84.9 Å². The van der Waals surface area contributed by atoms with Crippen molar-refractivity contribution in [1.82, 2.24) is 0 Å². The summed E-state index contributed by atoms with van der Waals surface area (Å²) in [5, 5.41) is 22.8. The van der Waals surface area contributed by atoms with E-state index in [4.69, 9.17) is 0 Å². The van der Waals surface area contributed by atoms with E-state index in [9.17, 15) is 15.1 Å². The number of hydrogen-bond acceptors (Lipinski definition) is 3. The van der Waals surface area contributed by atoms with E-state index in [2.05, 4.69) is 12.1 Å². The predicted octanol–water partition coefficient (Wildman–Crippen LogP) is 4.22. The fourth-order valence-corrected chi connectivity index (χ4v) is 6.57. The first-order chi connectivity index (χ1) is 13.7.